The van der Waals surface area contributed by atoms with Crippen LogP contribution in [0, 0.1) is 6.92 Å². The topological polar surface area (TPSA) is 62.3 Å². The Morgan fingerprint density at radius 2 is 1.69 bits per heavy atom. The highest BCUT2D eigenvalue weighted by molar-refractivity contribution is 7.91. The van der Waals surface area contributed by atoms with Crippen LogP contribution in [0.2, 0.25) is 0 Å². The van der Waals surface area contributed by atoms with Crippen LogP contribution < -0.4 is 10.2 Å². The molecule has 0 bridgehead atoms. The van der Waals surface area contributed by atoms with Crippen LogP contribution in [0.15, 0.2) is 53.4 Å². The lowest BCUT2D eigenvalue weighted by Crippen LogP contribution is -2.26. The van der Waals surface area contributed by atoms with Gasteiger partial charge in [0.05, 0.1) is 16.2 Å². The Morgan fingerprint density at radius 3 is 2.49 bits per heavy atom. The van der Waals surface area contributed by atoms with E-state index in [2.05, 4.69) is 48.3 Å². The van der Waals surface area contributed by atoms with E-state index in [4.69, 9.17) is 4.98 Å². The summed E-state index contributed by atoms with van der Waals surface area (Å²) in [5.74, 6) is 0.926. The lowest BCUT2D eigenvalue weighted by atomic mass is 10.1. The summed E-state index contributed by atoms with van der Waals surface area (Å²) in [6.45, 7) is 6.24. The van der Waals surface area contributed by atoms with Crippen LogP contribution in [0.25, 0.3) is 10.9 Å². The predicted octanol–water partition coefficient (Wildman–Crippen LogP) is 6.89. The van der Waals surface area contributed by atoms with Crippen molar-refractivity contribution in [1.82, 2.24) is 4.98 Å². The van der Waals surface area contributed by atoms with Gasteiger partial charge < -0.3 is 10.2 Å². The van der Waals surface area contributed by atoms with Crippen molar-refractivity contribution in [2.24, 2.45) is 0 Å². The summed E-state index contributed by atoms with van der Waals surface area (Å²) in [5.41, 5.74) is 4.02. The lowest BCUT2D eigenvalue weighted by molar-refractivity contribution is 0.581. The molecule has 1 aromatic heterocycles. The van der Waals surface area contributed by atoms with Gasteiger partial charge in [0.2, 0.25) is 0 Å². The Balaban J connectivity index is 1.50. The van der Waals surface area contributed by atoms with E-state index < -0.39 is 9.84 Å². The number of hydrogen-bond acceptors (Lipinski definition) is 5. The van der Waals surface area contributed by atoms with Crippen molar-refractivity contribution in [1.29, 1.82) is 0 Å². The van der Waals surface area contributed by atoms with Crippen molar-refractivity contribution in [3.05, 3.63) is 59.7 Å². The number of aryl methyl sites for hydroxylation is 1. The van der Waals surface area contributed by atoms with Crippen molar-refractivity contribution in [3.8, 4) is 0 Å². The maximum absolute atomic E-state index is 12.8. The molecule has 5 nitrogen and oxygen atoms in total. The zero-order chi connectivity index (χ0) is 24.7. The van der Waals surface area contributed by atoms with Crippen molar-refractivity contribution in [2.45, 2.75) is 76.7 Å². The number of unbranched alkanes of at least 4 members (excludes halogenated alkanes) is 7. The summed E-state index contributed by atoms with van der Waals surface area (Å²) in [6, 6.07) is 15.7. The number of fused-ring (bicyclic) bond motifs is 2. The highest BCUT2D eigenvalue weighted by Gasteiger charge is 2.26. The molecule has 188 valence electrons. The lowest BCUT2D eigenvalue weighted by Gasteiger charge is -2.23. The molecule has 0 amide bonds. The van der Waals surface area contributed by atoms with Crippen molar-refractivity contribution in [3.63, 3.8) is 0 Å². The fourth-order valence-corrected chi connectivity index (χ4v) is 6.43. The van der Waals surface area contributed by atoms with Crippen molar-refractivity contribution >= 4 is 32.2 Å². The molecule has 2 aromatic carbocycles. The molecule has 4 rings (SSSR count). The highest BCUT2D eigenvalue weighted by Crippen LogP contribution is 2.32. The molecule has 0 radical (unpaired) electrons. The molecule has 0 saturated heterocycles. The van der Waals surface area contributed by atoms with Gasteiger partial charge in [-0.3, -0.25) is 0 Å². The summed E-state index contributed by atoms with van der Waals surface area (Å²) < 4.78 is 25.7. The maximum atomic E-state index is 12.8. The van der Waals surface area contributed by atoms with Crippen LogP contribution in [-0.4, -0.2) is 32.2 Å². The Bertz CT molecular complexity index is 1240. The van der Waals surface area contributed by atoms with Crippen LogP contribution >= 0.6 is 0 Å². The van der Waals surface area contributed by atoms with Crippen molar-refractivity contribution < 1.29 is 8.42 Å². The highest BCUT2D eigenvalue weighted by atomic mass is 32.2. The second-order valence-electron chi connectivity index (χ2n) is 9.75. The Morgan fingerprint density at radius 1 is 0.943 bits per heavy atom. The van der Waals surface area contributed by atoms with Gasteiger partial charge in [0.25, 0.3) is 0 Å². The molecule has 3 aromatic rings. The minimum Gasteiger partial charge on any atom is -0.384 e. The molecule has 6 heteroatoms. The first-order valence-corrected chi connectivity index (χ1v) is 14.8. The summed E-state index contributed by atoms with van der Waals surface area (Å²) in [5, 5.41) is 4.79. The molecule has 2 heterocycles. The number of benzene rings is 2. The second kappa shape index (κ2) is 11.9. The number of nitrogens with zero attached hydrogens (tertiary/aromatic N) is 2. The molecule has 1 aliphatic rings. The minimum absolute atomic E-state index is 0.0958. The molecule has 0 unspecified atom stereocenters. The summed E-state index contributed by atoms with van der Waals surface area (Å²) in [4.78, 5) is 7.57. The van der Waals surface area contributed by atoms with E-state index in [1.807, 2.05) is 12.1 Å². The third kappa shape index (κ3) is 6.35. The van der Waals surface area contributed by atoms with E-state index in [1.165, 1.54) is 44.9 Å². The van der Waals surface area contributed by atoms with Gasteiger partial charge in [-0.05, 0) is 30.5 Å². The smallest absolute Gasteiger partial charge is 0.180 e. The van der Waals surface area contributed by atoms with E-state index >= 15 is 0 Å². The first-order chi connectivity index (χ1) is 17.0. The average Bonchev–Trinajstić information content (AvgIpc) is 2.99. The number of hydrogen-bond donors (Lipinski definition) is 1. The van der Waals surface area contributed by atoms with E-state index in [1.54, 1.807) is 12.1 Å². The first kappa shape index (κ1) is 25.5. The van der Waals surface area contributed by atoms with E-state index in [0.717, 1.165) is 46.5 Å². The molecule has 0 spiro atoms. The van der Waals surface area contributed by atoms with Gasteiger partial charge in [-0.2, -0.15) is 0 Å². The predicted molar refractivity (Wildman–Crippen MR) is 147 cm³/mol. The van der Waals surface area contributed by atoms with Gasteiger partial charge in [0.15, 0.2) is 9.84 Å². The number of aromatic nitrogens is 1. The standard InChI is InChI=1S/C29H39N3O2S/c1-3-4-5-6-7-8-9-12-18-30-26-21-28(31-29-23(2)14-13-16-25(26)29)32-19-20-35(33,34)27-17-11-10-15-24(27)22-32/h10-11,13-17,21H,3-9,12,18-20,22H2,1-2H3,(H,30,31). The number of anilines is 2. The van der Waals surface area contributed by atoms with Crippen LogP contribution in [0.5, 0.6) is 0 Å². The molecule has 0 saturated carbocycles. The van der Waals surface area contributed by atoms with Crippen LogP contribution in [-0.2, 0) is 16.4 Å². The Hall–Kier alpha value is -2.60. The van der Waals surface area contributed by atoms with Crippen LogP contribution in [0.4, 0.5) is 11.5 Å². The SMILES string of the molecule is CCCCCCCCCCNc1cc(N2CCS(=O)(=O)c3ccccc3C2)nc2c(C)cccc12. The maximum Gasteiger partial charge on any atom is 0.180 e. The molecule has 0 fully saturated rings. The fourth-order valence-electron chi connectivity index (χ4n) is 4.93. The number of para-hydroxylation sites is 1. The number of sulfone groups is 1. The van der Waals surface area contributed by atoms with E-state index in [-0.39, 0.29) is 5.75 Å². The van der Waals surface area contributed by atoms with Gasteiger partial charge in [-0.1, -0.05) is 88.3 Å². The van der Waals surface area contributed by atoms with Gasteiger partial charge in [-0.25, -0.2) is 13.4 Å². The molecule has 35 heavy (non-hydrogen) atoms. The summed E-state index contributed by atoms with van der Waals surface area (Å²) >= 11 is 0. The fraction of sp³-hybridized carbons (Fsp3) is 0.483. The van der Waals surface area contributed by atoms with Gasteiger partial charge in [0, 0.05) is 36.8 Å². The second-order valence-corrected chi connectivity index (χ2v) is 11.8. The van der Waals surface area contributed by atoms with Gasteiger partial charge in [-0.15, -0.1) is 0 Å². The van der Waals surface area contributed by atoms with Crippen LogP contribution in [0.1, 0.15) is 69.4 Å². The molecular weight excluding hydrogens is 454 g/mol. The summed E-state index contributed by atoms with van der Waals surface area (Å²) in [6.07, 6.45) is 10.4. The minimum atomic E-state index is -3.30. The quantitative estimate of drug-likeness (QED) is 0.295. The zero-order valence-electron chi connectivity index (χ0n) is 21.2. The normalized spacial score (nSPS) is 15.1. The molecule has 1 N–H and O–H groups in total. The molecule has 0 atom stereocenters. The van der Waals surface area contributed by atoms with Gasteiger partial charge in [0.1, 0.15) is 5.82 Å². The zero-order valence-corrected chi connectivity index (χ0v) is 22.0. The van der Waals surface area contributed by atoms with E-state index in [9.17, 15) is 8.42 Å². The molecule has 0 aliphatic carbocycles. The third-order valence-electron chi connectivity index (χ3n) is 7.00. The average molecular weight is 494 g/mol. The molecule has 1 aliphatic heterocycles. The number of pyridine rings is 1. The summed E-state index contributed by atoms with van der Waals surface area (Å²) in [7, 11) is -3.30. The Labute approximate surface area is 210 Å². The van der Waals surface area contributed by atoms with E-state index in [0.29, 0.717) is 18.0 Å². The van der Waals surface area contributed by atoms with Crippen molar-refractivity contribution in [2.75, 3.05) is 29.1 Å². The third-order valence-corrected chi connectivity index (χ3v) is 8.78. The molecular formula is C29H39N3O2S. The largest absolute Gasteiger partial charge is 0.384 e. The number of nitrogens with one attached hydrogen (secondary N) is 1. The van der Waals surface area contributed by atoms with Gasteiger partial charge >= 0.3 is 0 Å². The van der Waals surface area contributed by atoms with Crippen LogP contribution in [0.3, 0.4) is 0 Å². The monoisotopic (exact) mass is 493 g/mol. The Kier molecular flexibility index (Phi) is 8.66. The first-order valence-electron chi connectivity index (χ1n) is 13.2. The number of rotatable bonds is 11.